The zero-order chi connectivity index (χ0) is 20.4. The molecule has 1 aliphatic heterocycles. The summed E-state index contributed by atoms with van der Waals surface area (Å²) in [6.45, 7) is 2.15. The molecule has 29 heavy (non-hydrogen) atoms. The van der Waals surface area contributed by atoms with Crippen LogP contribution in [0.5, 0.6) is 11.5 Å². The zero-order valence-electron chi connectivity index (χ0n) is 16.3. The Kier molecular flexibility index (Phi) is 5.35. The Hall–Kier alpha value is -2.75. The van der Waals surface area contributed by atoms with E-state index in [0.29, 0.717) is 17.9 Å². The van der Waals surface area contributed by atoms with Gasteiger partial charge < -0.3 is 9.47 Å². The van der Waals surface area contributed by atoms with Crippen LogP contribution in [-0.2, 0) is 10.0 Å². The molecule has 0 saturated carbocycles. The highest BCUT2D eigenvalue weighted by atomic mass is 32.2. The van der Waals surface area contributed by atoms with Crippen molar-refractivity contribution in [3.8, 4) is 23.8 Å². The third-order valence-corrected chi connectivity index (χ3v) is 7.20. The van der Waals surface area contributed by atoms with E-state index >= 15 is 0 Å². The molecule has 0 bridgehead atoms. The second-order valence-corrected chi connectivity index (χ2v) is 9.13. The summed E-state index contributed by atoms with van der Waals surface area (Å²) < 4.78 is 39.3. The average molecular weight is 410 g/mol. The average Bonchev–Trinajstić information content (AvgIpc) is 3.20. The highest BCUT2D eigenvalue weighted by molar-refractivity contribution is 7.89. The molecule has 2 aromatic rings. The van der Waals surface area contributed by atoms with Crippen LogP contribution < -0.4 is 9.47 Å². The number of rotatable bonds is 5. The van der Waals surface area contributed by atoms with Gasteiger partial charge in [0.2, 0.25) is 16.8 Å². The normalized spacial score (nSPS) is 18.4. The van der Waals surface area contributed by atoms with E-state index in [-0.39, 0.29) is 24.3 Å². The SMILES string of the molecule is C#CCN(C1CCCC=C1c1ccc2c(c1)OCO2)S(=O)(=O)c1ccc(C)cc1. The predicted molar refractivity (Wildman–Crippen MR) is 112 cm³/mol. The van der Waals surface area contributed by atoms with Gasteiger partial charge in [0, 0.05) is 0 Å². The van der Waals surface area contributed by atoms with Crippen molar-refractivity contribution in [1.29, 1.82) is 0 Å². The Morgan fingerprint density at radius 3 is 2.66 bits per heavy atom. The quantitative estimate of drug-likeness (QED) is 0.701. The van der Waals surface area contributed by atoms with E-state index in [9.17, 15) is 8.42 Å². The molecule has 0 N–H and O–H groups in total. The number of sulfonamides is 1. The van der Waals surface area contributed by atoms with Crippen molar-refractivity contribution in [2.75, 3.05) is 13.3 Å². The van der Waals surface area contributed by atoms with Gasteiger partial charge in [0.25, 0.3) is 0 Å². The van der Waals surface area contributed by atoms with Crippen LogP contribution >= 0.6 is 0 Å². The maximum absolute atomic E-state index is 13.5. The van der Waals surface area contributed by atoms with Gasteiger partial charge in [-0.05, 0) is 61.6 Å². The number of ether oxygens (including phenoxy) is 2. The first-order valence-electron chi connectivity index (χ1n) is 9.63. The summed E-state index contributed by atoms with van der Waals surface area (Å²) in [5, 5.41) is 0. The molecule has 1 heterocycles. The first-order chi connectivity index (χ1) is 14.0. The van der Waals surface area contributed by atoms with Crippen molar-refractivity contribution < 1.29 is 17.9 Å². The molecule has 0 aromatic heterocycles. The minimum absolute atomic E-state index is 0.0166. The van der Waals surface area contributed by atoms with E-state index in [4.69, 9.17) is 15.9 Å². The van der Waals surface area contributed by atoms with Crippen LogP contribution in [0.4, 0.5) is 0 Å². The largest absolute Gasteiger partial charge is 0.454 e. The Balaban J connectivity index is 1.74. The Bertz CT molecular complexity index is 1080. The minimum Gasteiger partial charge on any atom is -0.454 e. The zero-order valence-corrected chi connectivity index (χ0v) is 17.1. The second kappa shape index (κ2) is 7.94. The summed E-state index contributed by atoms with van der Waals surface area (Å²) in [5.74, 6) is 3.92. The highest BCUT2D eigenvalue weighted by Crippen LogP contribution is 2.39. The van der Waals surface area contributed by atoms with Crippen LogP contribution in [0, 0.1) is 19.3 Å². The standard InChI is InChI=1S/C23H23NO4S/c1-3-14-24(29(25,26)19-11-8-17(2)9-12-19)21-7-5-4-6-20(21)18-10-13-22-23(15-18)28-16-27-22/h1,6,8-13,15,21H,4-5,7,14,16H2,2H3. The first kappa shape index (κ1) is 19.6. The number of fused-ring (bicyclic) bond motifs is 1. The molecular weight excluding hydrogens is 386 g/mol. The summed E-state index contributed by atoms with van der Waals surface area (Å²) in [4.78, 5) is 0.258. The fourth-order valence-corrected chi connectivity index (χ4v) is 5.39. The number of nitrogens with zero attached hydrogens (tertiary/aromatic N) is 1. The van der Waals surface area contributed by atoms with Gasteiger partial charge in [-0.2, -0.15) is 4.31 Å². The number of benzene rings is 2. The molecule has 0 amide bonds. The van der Waals surface area contributed by atoms with Crippen molar-refractivity contribution in [3.05, 3.63) is 59.7 Å². The van der Waals surface area contributed by atoms with Crippen molar-refractivity contribution in [3.63, 3.8) is 0 Å². The molecule has 2 aromatic carbocycles. The van der Waals surface area contributed by atoms with Gasteiger partial charge in [-0.15, -0.1) is 6.42 Å². The van der Waals surface area contributed by atoms with Gasteiger partial charge in [0.15, 0.2) is 11.5 Å². The van der Waals surface area contributed by atoms with Crippen molar-refractivity contribution in [2.45, 2.75) is 37.1 Å². The molecule has 2 aliphatic rings. The van der Waals surface area contributed by atoms with Gasteiger partial charge in [-0.25, -0.2) is 8.42 Å². The van der Waals surface area contributed by atoms with E-state index in [0.717, 1.165) is 29.5 Å². The van der Waals surface area contributed by atoms with Crippen LogP contribution in [0.15, 0.2) is 53.4 Å². The third-order valence-electron chi connectivity index (χ3n) is 5.33. The van der Waals surface area contributed by atoms with Gasteiger partial charge >= 0.3 is 0 Å². The maximum atomic E-state index is 13.5. The fraction of sp³-hybridized carbons (Fsp3) is 0.304. The first-order valence-corrected chi connectivity index (χ1v) is 11.1. The Labute approximate surface area is 172 Å². The lowest BCUT2D eigenvalue weighted by Crippen LogP contribution is -2.42. The lowest BCUT2D eigenvalue weighted by atomic mass is 9.89. The van der Waals surface area contributed by atoms with E-state index < -0.39 is 10.0 Å². The predicted octanol–water partition coefficient (Wildman–Crippen LogP) is 3.98. The van der Waals surface area contributed by atoms with Gasteiger partial charge in [0.1, 0.15) is 0 Å². The lowest BCUT2D eigenvalue weighted by Gasteiger charge is -2.34. The summed E-state index contributed by atoms with van der Waals surface area (Å²) in [7, 11) is -3.74. The van der Waals surface area contributed by atoms with E-state index in [1.165, 1.54) is 4.31 Å². The van der Waals surface area contributed by atoms with Crippen LogP contribution in [-0.4, -0.2) is 32.1 Å². The second-order valence-electron chi connectivity index (χ2n) is 7.24. The summed E-state index contributed by atoms with van der Waals surface area (Å²) >= 11 is 0. The molecule has 6 heteroatoms. The Morgan fingerprint density at radius 1 is 1.14 bits per heavy atom. The molecule has 0 fully saturated rings. The molecule has 1 unspecified atom stereocenters. The fourth-order valence-electron chi connectivity index (χ4n) is 3.84. The van der Waals surface area contributed by atoms with Gasteiger partial charge in [-0.1, -0.05) is 35.8 Å². The molecule has 5 nitrogen and oxygen atoms in total. The van der Waals surface area contributed by atoms with Crippen LogP contribution in [0.2, 0.25) is 0 Å². The van der Waals surface area contributed by atoms with E-state index in [1.807, 2.05) is 25.1 Å². The van der Waals surface area contributed by atoms with Crippen LogP contribution in [0.1, 0.15) is 30.4 Å². The number of hydrogen-bond acceptors (Lipinski definition) is 4. The smallest absolute Gasteiger partial charge is 0.244 e. The van der Waals surface area contributed by atoms with Crippen LogP contribution in [0.25, 0.3) is 5.57 Å². The lowest BCUT2D eigenvalue weighted by molar-refractivity contribution is 0.174. The molecule has 0 spiro atoms. The molecule has 0 saturated heterocycles. The molecule has 150 valence electrons. The minimum atomic E-state index is -3.74. The van der Waals surface area contributed by atoms with E-state index in [2.05, 4.69) is 12.0 Å². The monoisotopic (exact) mass is 409 g/mol. The molecule has 1 aliphatic carbocycles. The third kappa shape index (κ3) is 3.76. The molecule has 4 rings (SSSR count). The summed E-state index contributed by atoms with van der Waals surface area (Å²) in [6, 6.07) is 12.3. The molecular formula is C23H23NO4S. The molecule has 1 atom stereocenters. The van der Waals surface area contributed by atoms with Gasteiger partial charge in [-0.3, -0.25) is 0 Å². The number of hydrogen-bond donors (Lipinski definition) is 0. The molecule has 0 radical (unpaired) electrons. The van der Waals surface area contributed by atoms with E-state index in [1.54, 1.807) is 24.3 Å². The number of aryl methyl sites for hydroxylation is 1. The maximum Gasteiger partial charge on any atom is 0.244 e. The summed E-state index contributed by atoms with van der Waals surface area (Å²) in [6.07, 6.45) is 10.2. The van der Waals surface area contributed by atoms with Crippen molar-refractivity contribution in [1.82, 2.24) is 4.31 Å². The summed E-state index contributed by atoms with van der Waals surface area (Å²) in [5.41, 5.74) is 2.90. The van der Waals surface area contributed by atoms with Crippen LogP contribution in [0.3, 0.4) is 0 Å². The van der Waals surface area contributed by atoms with Crippen molar-refractivity contribution >= 4 is 15.6 Å². The number of allylic oxidation sites excluding steroid dienone is 1. The van der Waals surface area contributed by atoms with Crippen molar-refractivity contribution in [2.24, 2.45) is 0 Å². The highest BCUT2D eigenvalue weighted by Gasteiger charge is 2.35. The van der Waals surface area contributed by atoms with Gasteiger partial charge in [0.05, 0.1) is 17.5 Å². The number of terminal acetylenes is 1. The topological polar surface area (TPSA) is 55.8 Å². The Morgan fingerprint density at radius 2 is 1.90 bits per heavy atom.